The molecule has 0 saturated carbocycles. The average Bonchev–Trinajstić information content (AvgIpc) is 2.35. The Bertz CT molecular complexity index is 473. The second-order valence-corrected chi connectivity index (χ2v) is 3.61. The number of pyridine rings is 1. The second kappa shape index (κ2) is 4.92. The molecule has 1 aromatic heterocycles. The molecule has 0 radical (unpaired) electrons. The van der Waals surface area contributed by atoms with Gasteiger partial charge in [0.25, 0.3) is 0 Å². The Kier molecular flexibility index (Phi) is 3.34. The van der Waals surface area contributed by atoms with Crippen LogP contribution in [0.3, 0.4) is 0 Å². The molecule has 0 saturated heterocycles. The first kappa shape index (κ1) is 10.9. The van der Waals surface area contributed by atoms with E-state index in [0.717, 1.165) is 16.7 Å². The maximum absolute atomic E-state index is 8.77. The number of fused-ring (bicyclic) bond motifs is 1. The number of hydrogen-bond acceptors (Lipinski definition) is 4. The maximum atomic E-state index is 8.77. The van der Waals surface area contributed by atoms with Gasteiger partial charge in [-0.2, -0.15) is 0 Å². The predicted octanol–water partition coefficient (Wildman–Crippen LogP) is 0.933. The SMILES string of the molecule is NC(CO)COc1ccc2cccnc2c1. The van der Waals surface area contributed by atoms with Gasteiger partial charge in [-0.25, -0.2) is 0 Å². The van der Waals surface area contributed by atoms with E-state index in [1.807, 2.05) is 30.3 Å². The van der Waals surface area contributed by atoms with E-state index in [4.69, 9.17) is 15.6 Å². The summed E-state index contributed by atoms with van der Waals surface area (Å²) in [5, 5.41) is 9.84. The molecule has 2 aromatic rings. The van der Waals surface area contributed by atoms with E-state index in [-0.39, 0.29) is 12.6 Å². The largest absolute Gasteiger partial charge is 0.492 e. The summed E-state index contributed by atoms with van der Waals surface area (Å²) in [6.45, 7) is 0.223. The van der Waals surface area contributed by atoms with Crippen molar-refractivity contribution in [3.05, 3.63) is 36.5 Å². The molecule has 0 aliphatic rings. The van der Waals surface area contributed by atoms with Gasteiger partial charge < -0.3 is 15.6 Å². The number of nitrogens with two attached hydrogens (primary N) is 1. The third-order valence-electron chi connectivity index (χ3n) is 2.28. The zero-order valence-electron chi connectivity index (χ0n) is 8.84. The van der Waals surface area contributed by atoms with Crippen LogP contribution in [0, 0.1) is 0 Å². The summed E-state index contributed by atoms with van der Waals surface area (Å²) in [5.74, 6) is 0.718. The summed E-state index contributed by atoms with van der Waals surface area (Å²) in [6.07, 6.45) is 1.74. The lowest BCUT2D eigenvalue weighted by Gasteiger charge is -2.10. The molecule has 4 nitrogen and oxygen atoms in total. The first-order valence-corrected chi connectivity index (χ1v) is 5.13. The van der Waals surface area contributed by atoms with Crippen LogP contribution in [0.1, 0.15) is 0 Å². The van der Waals surface area contributed by atoms with E-state index in [1.165, 1.54) is 0 Å². The van der Waals surface area contributed by atoms with Crippen molar-refractivity contribution < 1.29 is 9.84 Å². The molecule has 1 aromatic carbocycles. The minimum Gasteiger partial charge on any atom is -0.492 e. The van der Waals surface area contributed by atoms with Crippen LogP contribution in [0.4, 0.5) is 0 Å². The van der Waals surface area contributed by atoms with Crippen LogP contribution in [0.15, 0.2) is 36.5 Å². The van der Waals surface area contributed by atoms with Crippen molar-refractivity contribution in [1.29, 1.82) is 0 Å². The normalized spacial score (nSPS) is 12.6. The summed E-state index contributed by atoms with van der Waals surface area (Å²) >= 11 is 0. The molecule has 0 bridgehead atoms. The van der Waals surface area contributed by atoms with E-state index < -0.39 is 0 Å². The molecule has 0 fully saturated rings. The summed E-state index contributed by atoms with van der Waals surface area (Å²) in [4.78, 5) is 4.23. The summed E-state index contributed by atoms with van der Waals surface area (Å²) < 4.78 is 5.44. The van der Waals surface area contributed by atoms with Crippen LogP contribution >= 0.6 is 0 Å². The molecular weight excluding hydrogens is 204 g/mol. The summed E-state index contributed by atoms with van der Waals surface area (Å²) in [5.41, 5.74) is 6.43. The smallest absolute Gasteiger partial charge is 0.121 e. The molecule has 3 N–H and O–H groups in total. The number of ether oxygens (including phenoxy) is 1. The Morgan fingerprint density at radius 2 is 2.25 bits per heavy atom. The zero-order chi connectivity index (χ0) is 11.4. The van der Waals surface area contributed by atoms with E-state index in [9.17, 15) is 0 Å². The van der Waals surface area contributed by atoms with E-state index in [2.05, 4.69) is 4.98 Å². The first-order chi connectivity index (χ1) is 7.79. The Morgan fingerprint density at radius 1 is 1.38 bits per heavy atom. The fraction of sp³-hybridized carbons (Fsp3) is 0.250. The van der Waals surface area contributed by atoms with Gasteiger partial charge in [0.1, 0.15) is 12.4 Å². The standard InChI is InChI=1S/C12H14N2O2/c13-10(7-15)8-16-11-4-3-9-2-1-5-14-12(9)6-11/h1-6,10,15H,7-8,13H2. The van der Waals surface area contributed by atoms with Crippen LogP contribution in [-0.4, -0.2) is 29.3 Å². The van der Waals surface area contributed by atoms with E-state index in [0.29, 0.717) is 6.61 Å². The second-order valence-electron chi connectivity index (χ2n) is 3.61. The third-order valence-corrected chi connectivity index (χ3v) is 2.28. The fourth-order valence-corrected chi connectivity index (χ4v) is 1.39. The summed E-state index contributed by atoms with van der Waals surface area (Å²) in [6, 6.07) is 9.21. The number of aliphatic hydroxyl groups is 1. The van der Waals surface area contributed by atoms with Crippen LogP contribution < -0.4 is 10.5 Å². The minimum atomic E-state index is -0.348. The molecule has 4 heteroatoms. The molecule has 1 heterocycles. The number of benzene rings is 1. The number of nitrogens with zero attached hydrogens (tertiary/aromatic N) is 1. The number of rotatable bonds is 4. The van der Waals surface area contributed by atoms with Gasteiger partial charge in [0.15, 0.2) is 0 Å². The van der Waals surface area contributed by atoms with Gasteiger partial charge in [0.2, 0.25) is 0 Å². The topological polar surface area (TPSA) is 68.4 Å². The molecule has 0 aliphatic heterocycles. The fourth-order valence-electron chi connectivity index (χ4n) is 1.39. The first-order valence-electron chi connectivity index (χ1n) is 5.13. The number of hydrogen-bond donors (Lipinski definition) is 2. The van der Waals surface area contributed by atoms with Crippen LogP contribution in [-0.2, 0) is 0 Å². The Labute approximate surface area is 93.7 Å². The van der Waals surface area contributed by atoms with Crippen LogP contribution in [0.5, 0.6) is 5.75 Å². The molecule has 2 rings (SSSR count). The van der Waals surface area contributed by atoms with Gasteiger partial charge in [-0.1, -0.05) is 6.07 Å². The van der Waals surface area contributed by atoms with Crippen molar-refractivity contribution >= 4 is 10.9 Å². The van der Waals surface area contributed by atoms with Gasteiger partial charge in [-0.05, 0) is 18.2 Å². The zero-order valence-corrected chi connectivity index (χ0v) is 8.84. The lowest BCUT2D eigenvalue weighted by Crippen LogP contribution is -2.31. The molecule has 1 atom stereocenters. The Hall–Kier alpha value is -1.65. The van der Waals surface area contributed by atoms with Gasteiger partial charge in [-0.3, -0.25) is 4.98 Å². The average molecular weight is 218 g/mol. The molecule has 0 amide bonds. The number of aromatic nitrogens is 1. The third kappa shape index (κ3) is 2.48. The van der Waals surface area contributed by atoms with Crippen molar-refractivity contribution in [3.63, 3.8) is 0 Å². The van der Waals surface area contributed by atoms with Crippen molar-refractivity contribution in [2.45, 2.75) is 6.04 Å². The summed E-state index contributed by atoms with van der Waals surface area (Å²) in [7, 11) is 0. The highest BCUT2D eigenvalue weighted by molar-refractivity contribution is 5.79. The van der Waals surface area contributed by atoms with Gasteiger partial charge in [0.05, 0.1) is 18.2 Å². The monoisotopic (exact) mass is 218 g/mol. The molecular formula is C12H14N2O2. The van der Waals surface area contributed by atoms with E-state index in [1.54, 1.807) is 6.20 Å². The van der Waals surface area contributed by atoms with Gasteiger partial charge in [-0.15, -0.1) is 0 Å². The van der Waals surface area contributed by atoms with E-state index >= 15 is 0 Å². The maximum Gasteiger partial charge on any atom is 0.121 e. The van der Waals surface area contributed by atoms with Gasteiger partial charge >= 0.3 is 0 Å². The van der Waals surface area contributed by atoms with Crippen molar-refractivity contribution in [2.24, 2.45) is 5.73 Å². The lowest BCUT2D eigenvalue weighted by atomic mass is 10.2. The van der Waals surface area contributed by atoms with Crippen LogP contribution in [0.25, 0.3) is 10.9 Å². The van der Waals surface area contributed by atoms with Crippen molar-refractivity contribution in [2.75, 3.05) is 13.2 Å². The molecule has 0 spiro atoms. The predicted molar refractivity (Wildman–Crippen MR) is 62.3 cm³/mol. The van der Waals surface area contributed by atoms with Crippen LogP contribution in [0.2, 0.25) is 0 Å². The highest BCUT2D eigenvalue weighted by Gasteiger charge is 2.02. The van der Waals surface area contributed by atoms with Gasteiger partial charge in [0, 0.05) is 17.6 Å². The highest BCUT2D eigenvalue weighted by Crippen LogP contribution is 2.18. The Balaban J connectivity index is 2.13. The highest BCUT2D eigenvalue weighted by atomic mass is 16.5. The lowest BCUT2D eigenvalue weighted by molar-refractivity contribution is 0.207. The molecule has 84 valence electrons. The Morgan fingerprint density at radius 3 is 3.06 bits per heavy atom. The quantitative estimate of drug-likeness (QED) is 0.801. The van der Waals surface area contributed by atoms with Crippen molar-refractivity contribution in [1.82, 2.24) is 4.98 Å². The van der Waals surface area contributed by atoms with Crippen molar-refractivity contribution in [3.8, 4) is 5.75 Å². The minimum absolute atomic E-state index is 0.0775. The molecule has 1 unspecified atom stereocenters. The number of aliphatic hydroxyl groups excluding tert-OH is 1. The molecule has 16 heavy (non-hydrogen) atoms. The molecule has 0 aliphatic carbocycles.